The van der Waals surface area contributed by atoms with Gasteiger partial charge in [0.05, 0.1) is 17.1 Å². The highest BCUT2D eigenvalue weighted by molar-refractivity contribution is 7.92. The zero-order chi connectivity index (χ0) is 16.2. The molecule has 0 saturated heterocycles. The Bertz CT molecular complexity index is 661. The van der Waals surface area contributed by atoms with Crippen LogP contribution in [0.15, 0.2) is 18.2 Å². The number of nitrogens with two attached hydrogens (primary N) is 1. The smallest absolute Gasteiger partial charge is 0.239 e. The monoisotopic (exact) mass is 336 g/mol. The highest BCUT2D eigenvalue weighted by atomic mass is 32.2. The van der Waals surface area contributed by atoms with Crippen LogP contribution >= 0.6 is 0 Å². The second kappa shape index (κ2) is 6.99. The van der Waals surface area contributed by atoms with Crippen molar-refractivity contribution < 1.29 is 21.8 Å². The minimum atomic E-state index is -3.24. The first-order valence-electron chi connectivity index (χ1n) is 6.01. The van der Waals surface area contributed by atoms with E-state index in [9.17, 15) is 21.8 Å². The third-order valence-electron chi connectivity index (χ3n) is 2.69. The number of halogens is 1. The molecule has 1 amide bonds. The quantitative estimate of drug-likeness (QED) is 0.737. The molecule has 2 atom stereocenters. The van der Waals surface area contributed by atoms with Crippen molar-refractivity contribution in [1.82, 2.24) is 0 Å². The SMILES string of the molecule is CC(C(=O)Nc1ccc(F)cc1N)S(=O)CCS(C)(=O)=O. The first-order valence-corrected chi connectivity index (χ1v) is 9.45. The van der Waals surface area contributed by atoms with Gasteiger partial charge in [-0.1, -0.05) is 0 Å². The molecule has 118 valence electrons. The number of nitrogen functional groups attached to an aromatic ring is 1. The molecule has 0 aromatic heterocycles. The number of benzene rings is 1. The summed E-state index contributed by atoms with van der Waals surface area (Å²) in [5.74, 6) is -1.47. The van der Waals surface area contributed by atoms with Gasteiger partial charge < -0.3 is 11.1 Å². The summed E-state index contributed by atoms with van der Waals surface area (Å²) in [6.07, 6.45) is 1.04. The van der Waals surface area contributed by atoms with Crippen LogP contribution < -0.4 is 11.1 Å². The van der Waals surface area contributed by atoms with Crippen molar-refractivity contribution >= 4 is 37.9 Å². The molecule has 3 N–H and O–H groups in total. The first kappa shape index (κ1) is 17.6. The number of sulfone groups is 1. The Hall–Kier alpha value is -1.48. The highest BCUT2D eigenvalue weighted by Crippen LogP contribution is 2.19. The molecule has 0 fully saturated rings. The van der Waals surface area contributed by atoms with Gasteiger partial charge in [-0.3, -0.25) is 9.00 Å². The van der Waals surface area contributed by atoms with Gasteiger partial charge in [-0.15, -0.1) is 0 Å². The van der Waals surface area contributed by atoms with Gasteiger partial charge in [0.1, 0.15) is 20.9 Å². The molecular weight excluding hydrogens is 319 g/mol. The normalized spacial score (nSPS) is 14.4. The Morgan fingerprint density at radius 3 is 2.62 bits per heavy atom. The van der Waals surface area contributed by atoms with Crippen molar-refractivity contribution in [2.24, 2.45) is 0 Å². The van der Waals surface area contributed by atoms with E-state index in [1.807, 2.05) is 0 Å². The number of amides is 1. The van der Waals surface area contributed by atoms with E-state index in [1.54, 1.807) is 0 Å². The molecule has 0 aliphatic rings. The van der Waals surface area contributed by atoms with E-state index in [0.29, 0.717) is 0 Å². The van der Waals surface area contributed by atoms with Gasteiger partial charge >= 0.3 is 0 Å². The Morgan fingerprint density at radius 2 is 2.10 bits per heavy atom. The lowest BCUT2D eigenvalue weighted by molar-refractivity contribution is -0.115. The minimum Gasteiger partial charge on any atom is -0.397 e. The summed E-state index contributed by atoms with van der Waals surface area (Å²) in [5, 5.41) is 1.54. The third kappa shape index (κ3) is 5.80. The van der Waals surface area contributed by atoms with Crippen LogP contribution in [-0.2, 0) is 25.4 Å². The molecule has 0 aliphatic heterocycles. The summed E-state index contributed by atoms with van der Waals surface area (Å²) >= 11 is 0. The molecule has 1 aromatic rings. The average Bonchev–Trinajstić information content (AvgIpc) is 2.37. The predicted octanol–water partition coefficient (Wildman–Crippen LogP) is 0.528. The van der Waals surface area contributed by atoms with E-state index in [0.717, 1.165) is 18.4 Å². The van der Waals surface area contributed by atoms with E-state index < -0.39 is 37.6 Å². The van der Waals surface area contributed by atoms with E-state index in [-0.39, 0.29) is 22.9 Å². The topological polar surface area (TPSA) is 106 Å². The molecule has 1 aromatic carbocycles. The van der Waals surface area contributed by atoms with Gasteiger partial charge in [0, 0.05) is 22.8 Å². The van der Waals surface area contributed by atoms with Gasteiger partial charge in [0.2, 0.25) is 5.91 Å². The van der Waals surface area contributed by atoms with Crippen molar-refractivity contribution in [3.05, 3.63) is 24.0 Å². The fourth-order valence-electron chi connectivity index (χ4n) is 1.41. The molecule has 1 rings (SSSR count). The number of hydrogen-bond acceptors (Lipinski definition) is 5. The van der Waals surface area contributed by atoms with Crippen molar-refractivity contribution in [3.63, 3.8) is 0 Å². The Balaban J connectivity index is 2.68. The number of carbonyl (C=O) groups is 1. The first-order chi connectivity index (χ1) is 9.60. The maximum atomic E-state index is 12.9. The lowest BCUT2D eigenvalue weighted by Gasteiger charge is -2.13. The zero-order valence-electron chi connectivity index (χ0n) is 11.6. The third-order valence-corrected chi connectivity index (χ3v) is 5.50. The van der Waals surface area contributed by atoms with E-state index in [1.165, 1.54) is 13.0 Å². The van der Waals surface area contributed by atoms with Crippen molar-refractivity contribution in [3.8, 4) is 0 Å². The molecule has 0 spiro atoms. The zero-order valence-corrected chi connectivity index (χ0v) is 13.3. The average molecular weight is 336 g/mol. The standard InChI is InChI=1S/C12H17FN2O4S2/c1-8(20(17)5-6-21(2,18)19)12(16)15-11-4-3-9(13)7-10(11)14/h3-4,7-8H,5-6,14H2,1-2H3,(H,15,16). The van der Waals surface area contributed by atoms with Crippen LogP contribution in [-0.4, -0.2) is 41.5 Å². The summed E-state index contributed by atoms with van der Waals surface area (Å²) in [6.45, 7) is 1.42. The van der Waals surface area contributed by atoms with E-state index in [2.05, 4.69) is 5.32 Å². The van der Waals surface area contributed by atoms with Gasteiger partial charge in [0.25, 0.3) is 0 Å². The maximum Gasteiger partial charge on any atom is 0.239 e. The molecule has 0 aliphatic carbocycles. The minimum absolute atomic E-state index is 0.0532. The number of rotatable bonds is 6. The van der Waals surface area contributed by atoms with Gasteiger partial charge in [0.15, 0.2) is 0 Å². The fourth-order valence-corrected chi connectivity index (χ4v) is 3.93. The van der Waals surface area contributed by atoms with Crippen molar-refractivity contribution in [2.45, 2.75) is 12.2 Å². The van der Waals surface area contributed by atoms with Gasteiger partial charge in [-0.05, 0) is 25.1 Å². The van der Waals surface area contributed by atoms with Crippen LogP contribution in [0.1, 0.15) is 6.92 Å². The van der Waals surface area contributed by atoms with Crippen LogP contribution in [0.2, 0.25) is 0 Å². The largest absolute Gasteiger partial charge is 0.397 e. The molecule has 0 heterocycles. The highest BCUT2D eigenvalue weighted by Gasteiger charge is 2.21. The Morgan fingerprint density at radius 1 is 1.48 bits per heavy atom. The molecule has 0 radical (unpaired) electrons. The summed E-state index contributed by atoms with van der Waals surface area (Å²) in [7, 11) is -4.87. The number of nitrogens with one attached hydrogen (secondary N) is 1. The van der Waals surface area contributed by atoms with Crippen molar-refractivity contribution in [1.29, 1.82) is 0 Å². The number of hydrogen-bond donors (Lipinski definition) is 2. The summed E-state index contributed by atoms with van der Waals surface area (Å²) in [5.41, 5.74) is 5.82. The Kier molecular flexibility index (Phi) is 5.85. The number of anilines is 2. The van der Waals surface area contributed by atoms with Crippen LogP contribution in [0.25, 0.3) is 0 Å². The summed E-state index contributed by atoms with van der Waals surface area (Å²) < 4.78 is 46.8. The van der Waals surface area contributed by atoms with Crippen LogP contribution in [0.4, 0.5) is 15.8 Å². The van der Waals surface area contributed by atoms with E-state index in [4.69, 9.17) is 5.73 Å². The lowest BCUT2D eigenvalue weighted by atomic mass is 10.2. The Labute approximate surface area is 125 Å². The lowest BCUT2D eigenvalue weighted by Crippen LogP contribution is -2.32. The molecule has 0 saturated carbocycles. The second-order valence-corrected chi connectivity index (χ2v) is 8.71. The number of carbonyl (C=O) groups excluding carboxylic acids is 1. The van der Waals surface area contributed by atoms with Crippen LogP contribution in [0, 0.1) is 5.82 Å². The van der Waals surface area contributed by atoms with Gasteiger partial charge in [-0.25, -0.2) is 12.8 Å². The molecular formula is C12H17FN2O4S2. The summed E-state index contributed by atoms with van der Waals surface area (Å²) in [4.78, 5) is 11.9. The molecule has 2 unspecified atom stereocenters. The molecule has 6 nitrogen and oxygen atoms in total. The predicted molar refractivity (Wildman–Crippen MR) is 81.6 cm³/mol. The summed E-state index contributed by atoms with van der Waals surface area (Å²) in [6, 6.07) is 3.49. The second-order valence-electron chi connectivity index (χ2n) is 4.58. The van der Waals surface area contributed by atoms with Crippen LogP contribution in [0.5, 0.6) is 0 Å². The molecule has 21 heavy (non-hydrogen) atoms. The fraction of sp³-hybridized carbons (Fsp3) is 0.417. The van der Waals surface area contributed by atoms with E-state index >= 15 is 0 Å². The maximum absolute atomic E-state index is 12.9. The molecule has 9 heteroatoms. The van der Waals surface area contributed by atoms with Crippen LogP contribution in [0.3, 0.4) is 0 Å². The van der Waals surface area contributed by atoms with Crippen molar-refractivity contribution in [2.75, 3.05) is 28.8 Å². The molecule has 0 bridgehead atoms. The van der Waals surface area contributed by atoms with Gasteiger partial charge in [-0.2, -0.15) is 0 Å².